The standard InChI is InChI=1S/C16H13F3O5/c1-9(2)15(21)23-6-5-22-10-3-4-11-12(16(17,18)19)8-14(20)24-13(11)7-10/h3-4,7-8H,1,5-6H2,2H3. The number of esters is 1. The monoisotopic (exact) mass is 342 g/mol. The first kappa shape index (κ1) is 17.6. The quantitative estimate of drug-likeness (QED) is 0.361. The molecule has 24 heavy (non-hydrogen) atoms. The van der Waals surface area contributed by atoms with E-state index in [1.165, 1.54) is 19.1 Å². The van der Waals surface area contributed by atoms with Crippen molar-refractivity contribution in [3.05, 3.63) is 52.4 Å². The van der Waals surface area contributed by atoms with Gasteiger partial charge in [-0.05, 0) is 19.1 Å². The highest BCUT2D eigenvalue weighted by molar-refractivity contribution is 5.86. The van der Waals surface area contributed by atoms with Crippen LogP contribution in [-0.4, -0.2) is 19.2 Å². The molecule has 1 aromatic heterocycles. The van der Waals surface area contributed by atoms with Crippen LogP contribution in [0.15, 0.2) is 45.6 Å². The molecular weight excluding hydrogens is 329 g/mol. The molecule has 0 fully saturated rings. The van der Waals surface area contributed by atoms with Gasteiger partial charge in [-0.25, -0.2) is 9.59 Å². The van der Waals surface area contributed by atoms with Crippen molar-refractivity contribution in [1.29, 1.82) is 0 Å². The minimum absolute atomic E-state index is 0.0201. The van der Waals surface area contributed by atoms with Crippen molar-refractivity contribution in [2.45, 2.75) is 13.1 Å². The predicted molar refractivity (Wildman–Crippen MR) is 78.8 cm³/mol. The molecule has 5 nitrogen and oxygen atoms in total. The van der Waals surface area contributed by atoms with Crippen LogP contribution < -0.4 is 10.4 Å². The minimum atomic E-state index is -4.67. The van der Waals surface area contributed by atoms with Crippen molar-refractivity contribution in [3.8, 4) is 5.75 Å². The van der Waals surface area contributed by atoms with Crippen molar-refractivity contribution in [2.24, 2.45) is 0 Å². The van der Waals surface area contributed by atoms with Crippen LogP contribution in [0.2, 0.25) is 0 Å². The number of ether oxygens (including phenoxy) is 2. The summed E-state index contributed by atoms with van der Waals surface area (Å²) in [6, 6.07) is 4.03. The summed E-state index contributed by atoms with van der Waals surface area (Å²) < 4.78 is 53.6. The highest BCUT2D eigenvalue weighted by Crippen LogP contribution is 2.34. The van der Waals surface area contributed by atoms with E-state index in [1.807, 2.05) is 0 Å². The van der Waals surface area contributed by atoms with Crippen molar-refractivity contribution in [1.82, 2.24) is 0 Å². The second kappa shape index (κ2) is 6.77. The summed E-state index contributed by atoms with van der Waals surface area (Å²) in [7, 11) is 0. The van der Waals surface area contributed by atoms with Crippen molar-refractivity contribution >= 4 is 16.9 Å². The maximum Gasteiger partial charge on any atom is 0.417 e. The molecule has 1 aromatic carbocycles. The van der Waals surface area contributed by atoms with Crippen LogP contribution in [0.25, 0.3) is 11.0 Å². The molecule has 0 N–H and O–H groups in total. The number of hydrogen-bond donors (Lipinski definition) is 0. The molecule has 0 atom stereocenters. The topological polar surface area (TPSA) is 65.7 Å². The SMILES string of the molecule is C=C(C)C(=O)OCCOc1ccc2c(C(F)(F)F)cc(=O)oc2c1. The summed E-state index contributed by atoms with van der Waals surface area (Å²) in [6.07, 6.45) is -4.67. The molecule has 0 aliphatic carbocycles. The van der Waals surface area contributed by atoms with Gasteiger partial charge in [0.25, 0.3) is 0 Å². The summed E-state index contributed by atoms with van der Waals surface area (Å²) in [4.78, 5) is 22.5. The maximum absolute atomic E-state index is 12.9. The van der Waals surface area contributed by atoms with E-state index in [1.54, 1.807) is 0 Å². The van der Waals surface area contributed by atoms with Gasteiger partial charge in [-0.1, -0.05) is 6.58 Å². The van der Waals surface area contributed by atoms with Crippen LogP contribution in [0.4, 0.5) is 13.2 Å². The summed E-state index contributed by atoms with van der Waals surface area (Å²) >= 11 is 0. The Morgan fingerprint density at radius 2 is 1.96 bits per heavy atom. The lowest BCUT2D eigenvalue weighted by Gasteiger charge is -2.11. The largest absolute Gasteiger partial charge is 0.490 e. The zero-order chi connectivity index (χ0) is 17.9. The molecule has 0 aliphatic heterocycles. The van der Waals surface area contributed by atoms with Crippen molar-refractivity contribution in [2.75, 3.05) is 13.2 Å². The number of benzene rings is 1. The van der Waals surface area contributed by atoms with Crippen LogP contribution in [0.5, 0.6) is 5.75 Å². The molecule has 0 radical (unpaired) electrons. The summed E-state index contributed by atoms with van der Waals surface area (Å²) in [5.41, 5.74) is -2.19. The average Bonchev–Trinajstić information content (AvgIpc) is 2.49. The number of carbonyl (C=O) groups is 1. The van der Waals surface area contributed by atoms with Gasteiger partial charge >= 0.3 is 17.8 Å². The van der Waals surface area contributed by atoms with E-state index in [4.69, 9.17) is 13.9 Å². The van der Waals surface area contributed by atoms with Crippen LogP contribution in [-0.2, 0) is 15.7 Å². The average molecular weight is 342 g/mol. The van der Waals surface area contributed by atoms with E-state index >= 15 is 0 Å². The normalized spacial score (nSPS) is 11.3. The molecule has 0 aliphatic rings. The van der Waals surface area contributed by atoms with Gasteiger partial charge in [0.1, 0.15) is 24.5 Å². The number of rotatable bonds is 5. The van der Waals surface area contributed by atoms with Crippen LogP contribution in [0.1, 0.15) is 12.5 Å². The fourth-order valence-electron chi connectivity index (χ4n) is 1.88. The summed E-state index contributed by atoms with van der Waals surface area (Å²) in [5, 5.41) is -0.247. The van der Waals surface area contributed by atoms with E-state index in [-0.39, 0.29) is 35.5 Å². The van der Waals surface area contributed by atoms with Crippen molar-refractivity contribution < 1.29 is 31.9 Å². The first-order valence-corrected chi connectivity index (χ1v) is 6.79. The second-order valence-corrected chi connectivity index (χ2v) is 4.90. The van der Waals surface area contributed by atoms with Gasteiger partial charge in [-0.3, -0.25) is 0 Å². The molecular formula is C16H13F3O5. The predicted octanol–water partition coefficient (Wildman–Crippen LogP) is 3.31. The maximum atomic E-state index is 12.9. The van der Waals surface area contributed by atoms with E-state index < -0.39 is 23.3 Å². The van der Waals surface area contributed by atoms with E-state index in [0.717, 1.165) is 6.07 Å². The van der Waals surface area contributed by atoms with Crippen LogP contribution in [0.3, 0.4) is 0 Å². The Bertz CT molecular complexity index is 836. The third-order valence-corrected chi connectivity index (χ3v) is 2.96. The fourth-order valence-corrected chi connectivity index (χ4v) is 1.88. The third-order valence-electron chi connectivity index (χ3n) is 2.96. The van der Waals surface area contributed by atoms with Gasteiger partial charge in [0, 0.05) is 23.1 Å². The lowest BCUT2D eigenvalue weighted by Crippen LogP contribution is -2.13. The van der Waals surface area contributed by atoms with Crippen molar-refractivity contribution in [3.63, 3.8) is 0 Å². The molecule has 128 valence electrons. The zero-order valence-corrected chi connectivity index (χ0v) is 12.6. The fraction of sp³-hybridized carbons (Fsp3) is 0.250. The van der Waals surface area contributed by atoms with Gasteiger partial charge in [0.2, 0.25) is 0 Å². The Balaban J connectivity index is 2.16. The highest BCUT2D eigenvalue weighted by Gasteiger charge is 2.33. The molecule has 1 heterocycles. The highest BCUT2D eigenvalue weighted by atomic mass is 19.4. The molecule has 0 unspecified atom stereocenters. The number of alkyl halides is 3. The molecule has 2 rings (SSSR count). The van der Waals surface area contributed by atoms with E-state index in [9.17, 15) is 22.8 Å². The first-order chi connectivity index (χ1) is 11.2. The Hall–Kier alpha value is -2.77. The van der Waals surface area contributed by atoms with Gasteiger partial charge in [-0.2, -0.15) is 13.2 Å². The molecule has 0 bridgehead atoms. The molecule has 0 saturated heterocycles. The number of carbonyl (C=O) groups excluding carboxylic acids is 1. The number of fused-ring (bicyclic) bond motifs is 1. The third kappa shape index (κ3) is 4.15. The number of halogens is 3. The van der Waals surface area contributed by atoms with Crippen LogP contribution in [0, 0.1) is 0 Å². The Morgan fingerprint density at radius 1 is 1.25 bits per heavy atom. The summed E-state index contributed by atoms with van der Waals surface area (Å²) in [5.74, 6) is -0.394. The van der Waals surface area contributed by atoms with Gasteiger partial charge in [0.05, 0.1) is 5.56 Å². The first-order valence-electron chi connectivity index (χ1n) is 6.79. The summed E-state index contributed by atoms with van der Waals surface area (Å²) in [6.45, 7) is 4.83. The van der Waals surface area contributed by atoms with E-state index in [0.29, 0.717) is 6.07 Å². The van der Waals surface area contributed by atoms with Gasteiger partial charge < -0.3 is 13.9 Å². The molecule has 0 spiro atoms. The minimum Gasteiger partial charge on any atom is -0.490 e. The molecule has 2 aromatic rings. The Kier molecular flexibility index (Phi) is 4.96. The molecule has 0 saturated carbocycles. The zero-order valence-electron chi connectivity index (χ0n) is 12.6. The van der Waals surface area contributed by atoms with E-state index in [2.05, 4.69) is 6.58 Å². The second-order valence-electron chi connectivity index (χ2n) is 4.90. The lowest BCUT2D eigenvalue weighted by molar-refractivity contribution is -0.139. The van der Waals surface area contributed by atoms with Crippen LogP contribution >= 0.6 is 0 Å². The smallest absolute Gasteiger partial charge is 0.417 e. The number of hydrogen-bond acceptors (Lipinski definition) is 5. The lowest BCUT2D eigenvalue weighted by atomic mass is 10.1. The Labute approximate surface area is 134 Å². The molecule has 8 heteroatoms. The molecule has 0 amide bonds. The Morgan fingerprint density at radius 3 is 2.58 bits per heavy atom. The van der Waals surface area contributed by atoms with Gasteiger partial charge in [-0.15, -0.1) is 0 Å². The van der Waals surface area contributed by atoms with Gasteiger partial charge in [0.15, 0.2) is 0 Å².